The van der Waals surface area contributed by atoms with Gasteiger partial charge in [-0.1, -0.05) is 44.7 Å². The highest BCUT2D eigenvalue weighted by Crippen LogP contribution is 2.25. The number of hydrogen-bond donors (Lipinski definition) is 0. The Morgan fingerprint density at radius 1 is 0.963 bits per heavy atom. The maximum absolute atomic E-state index is 12.6. The van der Waals surface area contributed by atoms with Crippen LogP contribution in [0.3, 0.4) is 0 Å². The van der Waals surface area contributed by atoms with E-state index in [0.29, 0.717) is 32.1 Å². The summed E-state index contributed by atoms with van der Waals surface area (Å²) >= 11 is 0. The monoisotopic (exact) mass is 372 g/mol. The van der Waals surface area contributed by atoms with E-state index in [4.69, 9.17) is 4.74 Å². The highest BCUT2D eigenvalue weighted by atomic mass is 16.5. The standard InChI is InChI=1S/C22H32N2O3/c1-2-6-18-9-11-20(12-10-18)27-17-21(25)23-13-15-24(16-14-23)22(26)19-7-4-3-5-8-19/h9-12,19H,2-8,13-17H2,1H3. The Morgan fingerprint density at radius 3 is 2.22 bits per heavy atom. The minimum Gasteiger partial charge on any atom is -0.484 e. The summed E-state index contributed by atoms with van der Waals surface area (Å²) in [4.78, 5) is 28.8. The molecule has 2 fully saturated rings. The van der Waals surface area contributed by atoms with Crippen molar-refractivity contribution in [3.05, 3.63) is 29.8 Å². The van der Waals surface area contributed by atoms with Crippen LogP contribution >= 0.6 is 0 Å². The molecule has 0 spiro atoms. The maximum Gasteiger partial charge on any atom is 0.260 e. The SMILES string of the molecule is CCCc1ccc(OCC(=O)N2CCN(C(=O)C3CCCCC3)CC2)cc1. The molecular weight excluding hydrogens is 340 g/mol. The molecule has 1 aliphatic carbocycles. The third-order valence-electron chi connectivity index (χ3n) is 5.72. The smallest absolute Gasteiger partial charge is 0.260 e. The molecule has 148 valence electrons. The Kier molecular flexibility index (Phi) is 7.13. The van der Waals surface area contributed by atoms with E-state index in [9.17, 15) is 9.59 Å². The van der Waals surface area contributed by atoms with Crippen molar-refractivity contribution >= 4 is 11.8 Å². The van der Waals surface area contributed by atoms with Crippen LogP contribution in [0.5, 0.6) is 5.75 Å². The predicted octanol–water partition coefficient (Wildman–Crippen LogP) is 3.27. The predicted molar refractivity (Wildman–Crippen MR) is 106 cm³/mol. The van der Waals surface area contributed by atoms with Crippen LogP contribution in [0.1, 0.15) is 51.0 Å². The molecule has 1 saturated carbocycles. The van der Waals surface area contributed by atoms with Gasteiger partial charge in [-0.2, -0.15) is 0 Å². The Morgan fingerprint density at radius 2 is 1.59 bits per heavy atom. The maximum atomic E-state index is 12.6. The van der Waals surface area contributed by atoms with E-state index in [1.807, 2.05) is 21.9 Å². The molecule has 3 rings (SSSR count). The van der Waals surface area contributed by atoms with Crippen LogP contribution in [0.2, 0.25) is 0 Å². The third kappa shape index (κ3) is 5.47. The molecule has 2 amide bonds. The van der Waals surface area contributed by atoms with Crippen LogP contribution in [0.15, 0.2) is 24.3 Å². The van der Waals surface area contributed by atoms with Crippen LogP contribution in [-0.4, -0.2) is 54.4 Å². The lowest BCUT2D eigenvalue weighted by atomic mass is 9.88. The molecule has 0 aromatic heterocycles. The second-order valence-electron chi connectivity index (χ2n) is 7.72. The number of piperazine rings is 1. The summed E-state index contributed by atoms with van der Waals surface area (Å²) in [5, 5.41) is 0. The summed E-state index contributed by atoms with van der Waals surface area (Å²) in [6, 6.07) is 7.97. The van der Waals surface area contributed by atoms with Crippen molar-refractivity contribution in [3.8, 4) is 5.75 Å². The van der Waals surface area contributed by atoms with E-state index in [-0.39, 0.29) is 18.4 Å². The Hall–Kier alpha value is -2.04. The fourth-order valence-electron chi connectivity index (χ4n) is 4.06. The zero-order chi connectivity index (χ0) is 19.1. The molecule has 1 aromatic carbocycles. The summed E-state index contributed by atoms with van der Waals surface area (Å²) in [7, 11) is 0. The molecule has 5 nitrogen and oxygen atoms in total. The lowest BCUT2D eigenvalue weighted by Crippen LogP contribution is -2.53. The van der Waals surface area contributed by atoms with Gasteiger partial charge in [-0.3, -0.25) is 9.59 Å². The van der Waals surface area contributed by atoms with Crippen molar-refractivity contribution in [3.63, 3.8) is 0 Å². The molecule has 1 aromatic rings. The first-order valence-electron chi connectivity index (χ1n) is 10.5. The zero-order valence-electron chi connectivity index (χ0n) is 16.5. The molecule has 0 unspecified atom stereocenters. The fourth-order valence-corrected chi connectivity index (χ4v) is 4.06. The van der Waals surface area contributed by atoms with E-state index in [0.717, 1.165) is 31.4 Å². The number of ether oxygens (including phenoxy) is 1. The van der Waals surface area contributed by atoms with Gasteiger partial charge in [-0.25, -0.2) is 0 Å². The van der Waals surface area contributed by atoms with Gasteiger partial charge in [0.2, 0.25) is 5.91 Å². The molecule has 2 aliphatic rings. The number of nitrogens with zero attached hydrogens (tertiary/aromatic N) is 2. The number of hydrogen-bond acceptors (Lipinski definition) is 3. The highest BCUT2D eigenvalue weighted by Gasteiger charge is 2.29. The van der Waals surface area contributed by atoms with Gasteiger partial charge in [0.25, 0.3) is 5.91 Å². The number of aryl methyl sites for hydroxylation is 1. The number of rotatable bonds is 6. The number of carbonyl (C=O) groups excluding carboxylic acids is 2. The number of carbonyl (C=O) groups is 2. The third-order valence-corrected chi connectivity index (χ3v) is 5.72. The quantitative estimate of drug-likeness (QED) is 0.770. The Bertz CT molecular complexity index is 615. The van der Waals surface area contributed by atoms with Gasteiger partial charge in [-0.15, -0.1) is 0 Å². The lowest BCUT2D eigenvalue weighted by molar-refractivity contribution is -0.143. The summed E-state index contributed by atoms with van der Waals surface area (Å²) in [6.45, 7) is 4.72. The molecule has 1 heterocycles. The molecule has 27 heavy (non-hydrogen) atoms. The Balaban J connectivity index is 1.41. The fraction of sp³-hybridized carbons (Fsp3) is 0.636. The Labute approximate surface area is 162 Å². The first-order chi connectivity index (χ1) is 13.2. The summed E-state index contributed by atoms with van der Waals surface area (Å²) < 4.78 is 5.65. The zero-order valence-corrected chi connectivity index (χ0v) is 16.5. The van der Waals surface area contributed by atoms with Crippen molar-refractivity contribution in [1.29, 1.82) is 0 Å². The van der Waals surface area contributed by atoms with E-state index in [1.54, 1.807) is 0 Å². The minimum absolute atomic E-state index is 0.00241. The van der Waals surface area contributed by atoms with Crippen molar-refractivity contribution < 1.29 is 14.3 Å². The van der Waals surface area contributed by atoms with Crippen molar-refractivity contribution in [2.24, 2.45) is 5.92 Å². The molecule has 5 heteroatoms. The average Bonchev–Trinajstić information content (AvgIpc) is 2.73. The van der Waals surface area contributed by atoms with E-state index >= 15 is 0 Å². The molecule has 0 bridgehead atoms. The highest BCUT2D eigenvalue weighted by molar-refractivity contribution is 5.80. The van der Waals surface area contributed by atoms with E-state index in [1.165, 1.54) is 24.8 Å². The van der Waals surface area contributed by atoms with E-state index < -0.39 is 0 Å². The van der Waals surface area contributed by atoms with Gasteiger partial charge >= 0.3 is 0 Å². The molecule has 1 aliphatic heterocycles. The normalized spacial score (nSPS) is 18.4. The first kappa shape index (κ1) is 19.7. The molecule has 0 N–H and O–H groups in total. The minimum atomic E-state index is -0.00241. The molecular formula is C22H32N2O3. The summed E-state index contributed by atoms with van der Waals surface area (Å²) in [5.74, 6) is 1.23. The van der Waals surface area contributed by atoms with Gasteiger partial charge in [0.05, 0.1) is 0 Å². The van der Waals surface area contributed by atoms with Gasteiger partial charge < -0.3 is 14.5 Å². The van der Waals surface area contributed by atoms with Crippen LogP contribution in [-0.2, 0) is 16.0 Å². The second-order valence-corrected chi connectivity index (χ2v) is 7.72. The number of benzene rings is 1. The summed E-state index contributed by atoms with van der Waals surface area (Å²) in [5.41, 5.74) is 1.29. The molecule has 0 atom stereocenters. The molecule has 1 saturated heterocycles. The largest absolute Gasteiger partial charge is 0.484 e. The van der Waals surface area contributed by atoms with Gasteiger partial charge in [-0.05, 0) is 37.0 Å². The van der Waals surface area contributed by atoms with Crippen LogP contribution in [0.25, 0.3) is 0 Å². The topological polar surface area (TPSA) is 49.9 Å². The summed E-state index contributed by atoms with van der Waals surface area (Å²) in [6.07, 6.45) is 7.84. The van der Waals surface area contributed by atoms with Gasteiger partial charge in [0.1, 0.15) is 5.75 Å². The van der Waals surface area contributed by atoms with Crippen LogP contribution < -0.4 is 4.74 Å². The van der Waals surface area contributed by atoms with Crippen molar-refractivity contribution in [1.82, 2.24) is 9.80 Å². The van der Waals surface area contributed by atoms with Crippen molar-refractivity contribution in [2.75, 3.05) is 32.8 Å². The van der Waals surface area contributed by atoms with Gasteiger partial charge in [0, 0.05) is 32.1 Å². The molecule has 0 radical (unpaired) electrons. The second kappa shape index (κ2) is 9.77. The van der Waals surface area contributed by atoms with Gasteiger partial charge in [0.15, 0.2) is 6.61 Å². The number of amides is 2. The van der Waals surface area contributed by atoms with Crippen LogP contribution in [0.4, 0.5) is 0 Å². The van der Waals surface area contributed by atoms with E-state index in [2.05, 4.69) is 19.1 Å². The lowest BCUT2D eigenvalue weighted by Gasteiger charge is -2.37. The first-order valence-corrected chi connectivity index (χ1v) is 10.5. The van der Waals surface area contributed by atoms with Crippen LogP contribution in [0, 0.1) is 5.92 Å². The average molecular weight is 373 g/mol. The van der Waals surface area contributed by atoms with Crippen molar-refractivity contribution in [2.45, 2.75) is 51.9 Å².